The van der Waals surface area contributed by atoms with Gasteiger partial charge in [-0.1, -0.05) is 6.07 Å². The normalized spacial score (nSPS) is 17.8. The van der Waals surface area contributed by atoms with E-state index in [1.165, 1.54) is 6.42 Å². The van der Waals surface area contributed by atoms with E-state index in [9.17, 15) is 4.79 Å². The average molecular weight is 362 g/mol. The van der Waals surface area contributed by atoms with Crippen LogP contribution in [-0.4, -0.2) is 37.1 Å². The van der Waals surface area contributed by atoms with Gasteiger partial charge in [-0.15, -0.1) is 11.3 Å². The molecule has 0 spiro atoms. The summed E-state index contributed by atoms with van der Waals surface area (Å²) in [5.74, 6) is 2.05. The zero-order valence-corrected chi connectivity index (χ0v) is 15.7. The van der Waals surface area contributed by atoms with Gasteiger partial charge in [0.25, 0.3) is 0 Å². The molecule has 136 valence electrons. The maximum Gasteiger partial charge on any atom is 0.223 e. The molecule has 0 bridgehead atoms. The Morgan fingerprint density at radius 3 is 3.08 bits per heavy atom. The average Bonchev–Trinajstić information content (AvgIpc) is 3.32. The third kappa shape index (κ3) is 4.95. The lowest BCUT2D eigenvalue weighted by molar-refractivity contribution is -0.135. The minimum Gasteiger partial charge on any atom is -0.460 e. The van der Waals surface area contributed by atoms with Crippen molar-refractivity contribution >= 4 is 17.2 Å². The van der Waals surface area contributed by atoms with Gasteiger partial charge in [-0.3, -0.25) is 4.79 Å². The van der Waals surface area contributed by atoms with E-state index in [0.717, 1.165) is 55.2 Å². The van der Waals surface area contributed by atoms with Crippen LogP contribution in [-0.2, 0) is 16.0 Å². The minimum atomic E-state index is 0.260. The summed E-state index contributed by atoms with van der Waals surface area (Å²) in [5, 5.41) is 2.04. The Bertz CT molecular complexity index is 650. The highest BCUT2D eigenvalue weighted by Gasteiger charge is 2.26. The number of piperidine rings is 1. The molecule has 1 unspecified atom stereocenters. The second kappa shape index (κ2) is 9.20. The fourth-order valence-corrected chi connectivity index (χ4v) is 4.22. The first kappa shape index (κ1) is 18.2. The van der Waals surface area contributed by atoms with E-state index < -0.39 is 0 Å². The Balaban J connectivity index is 1.52. The number of likely N-dealkylation sites (tertiary alicyclic amines) is 1. The molecule has 0 aromatic carbocycles. The lowest BCUT2D eigenvalue weighted by Gasteiger charge is -2.36. The lowest BCUT2D eigenvalue weighted by atomic mass is 9.97. The molecule has 1 aliphatic rings. The monoisotopic (exact) mass is 361 g/mol. The van der Waals surface area contributed by atoms with Crippen LogP contribution in [0.3, 0.4) is 0 Å². The molecule has 2 aromatic heterocycles. The molecule has 1 fully saturated rings. The Hall–Kier alpha value is -1.59. The van der Waals surface area contributed by atoms with Gasteiger partial charge in [0.05, 0.1) is 4.88 Å². The number of amides is 1. The van der Waals surface area contributed by atoms with Crippen molar-refractivity contribution < 1.29 is 13.9 Å². The summed E-state index contributed by atoms with van der Waals surface area (Å²) in [7, 11) is 1.73. The van der Waals surface area contributed by atoms with Crippen LogP contribution >= 0.6 is 11.3 Å². The number of carbonyl (C=O) groups is 1. The number of methoxy groups -OCH3 is 1. The van der Waals surface area contributed by atoms with E-state index in [1.807, 2.05) is 23.6 Å². The maximum absolute atomic E-state index is 12.7. The highest BCUT2D eigenvalue weighted by molar-refractivity contribution is 7.13. The predicted octanol–water partition coefficient (Wildman–Crippen LogP) is 4.75. The second-order valence-electron chi connectivity index (χ2n) is 6.62. The number of thiophene rings is 1. The van der Waals surface area contributed by atoms with Crippen LogP contribution in [0.15, 0.2) is 34.1 Å². The Morgan fingerprint density at radius 1 is 1.36 bits per heavy atom. The highest BCUT2D eigenvalue weighted by Crippen LogP contribution is 2.27. The molecule has 2 aromatic rings. The van der Waals surface area contributed by atoms with Crippen LogP contribution < -0.4 is 0 Å². The van der Waals surface area contributed by atoms with Crippen molar-refractivity contribution in [1.82, 2.24) is 4.90 Å². The van der Waals surface area contributed by atoms with Gasteiger partial charge >= 0.3 is 0 Å². The molecule has 0 N–H and O–H groups in total. The van der Waals surface area contributed by atoms with Crippen molar-refractivity contribution in [2.75, 3.05) is 20.3 Å². The van der Waals surface area contributed by atoms with Gasteiger partial charge in [-0.05, 0) is 55.7 Å². The van der Waals surface area contributed by atoms with Crippen molar-refractivity contribution in [3.8, 4) is 10.6 Å². The van der Waals surface area contributed by atoms with E-state index in [-0.39, 0.29) is 5.91 Å². The Labute approximate surface area is 153 Å². The molecular weight excluding hydrogens is 334 g/mol. The predicted molar refractivity (Wildman–Crippen MR) is 101 cm³/mol. The summed E-state index contributed by atoms with van der Waals surface area (Å²) in [6, 6.07) is 8.45. The topological polar surface area (TPSA) is 42.7 Å². The molecule has 0 saturated carbocycles. The minimum absolute atomic E-state index is 0.260. The molecule has 0 aliphatic carbocycles. The largest absolute Gasteiger partial charge is 0.460 e. The zero-order chi connectivity index (χ0) is 17.5. The van der Waals surface area contributed by atoms with Gasteiger partial charge in [-0.25, -0.2) is 0 Å². The van der Waals surface area contributed by atoms with Crippen LogP contribution in [0.25, 0.3) is 10.6 Å². The van der Waals surface area contributed by atoms with Gasteiger partial charge in [-0.2, -0.15) is 0 Å². The van der Waals surface area contributed by atoms with Crippen molar-refractivity contribution in [3.63, 3.8) is 0 Å². The highest BCUT2D eigenvalue weighted by atomic mass is 32.1. The standard InChI is InChI=1S/C20H27NO3S/c1-23-14-4-7-16-6-2-3-13-21(16)20(22)12-10-17-9-11-18(24-17)19-8-5-15-25-19/h5,8-9,11,15-16H,2-4,6-7,10,12-14H2,1H3. The summed E-state index contributed by atoms with van der Waals surface area (Å²) in [5.41, 5.74) is 0. The molecule has 1 amide bonds. The number of nitrogens with zero attached hydrogens (tertiary/aromatic N) is 1. The van der Waals surface area contributed by atoms with Crippen molar-refractivity contribution in [1.29, 1.82) is 0 Å². The molecule has 5 heteroatoms. The number of hydrogen-bond acceptors (Lipinski definition) is 4. The van der Waals surface area contributed by atoms with Crippen LogP contribution in [0.2, 0.25) is 0 Å². The summed E-state index contributed by atoms with van der Waals surface area (Å²) in [6.07, 6.45) is 6.73. The second-order valence-corrected chi connectivity index (χ2v) is 7.56. The molecule has 1 saturated heterocycles. The first-order valence-electron chi connectivity index (χ1n) is 9.19. The van der Waals surface area contributed by atoms with E-state index in [1.54, 1.807) is 18.4 Å². The number of aryl methyl sites for hydroxylation is 1. The van der Waals surface area contributed by atoms with Crippen LogP contribution in [0.1, 0.15) is 44.3 Å². The molecule has 4 nitrogen and oxygen atoms in total. The fourth-order valence-electron chi connectivity index (χ4n) is 3.53. The molecule has 3 rings (SSSR count). The first-order chi connectivity index (χ1) is 12.3. The number of ether oxygens (including phenoxy) is 1. The Kier molecular flexibility index (Phi) is 6.70. The van der Waals surface area contributed by atoms with Crippen LogP contribution in [0.5, 0.6) is 0 Å². The van der Waals surface area contributed by atoms with Gasteiger partial charge in [0, 0.05) is 39.1 Å². The van der Waals surface area contributed by atoms with E-state index in [4.69, 9.17) is 9.15 Å². The van der Waals surface area contributed by atoms with E-state index in [2.05, 4.69) is 11.0 Å². The van der Waals surface area contributed by atoms with Gasteiger partial charge in [0.2, 0.25) is 5.91 Å². The maximum atomic E-state index is 12.7. The SMILES string of the molecule is COCCCC1CCCCN1C(=O)CCc1ccc(-c2cccs2)o1. The molecule has 3 heterocycles. The van der Waals surface area contributed by atoms with E-state index >= 15 is 0 Å². The van der Waals surface area contributed by atoms with Crippen molar-refractivity contribution in [2.45, 2.75) is 51.0 Å². The van der Waals surface area contributed by atoms with Gasteiger partial charge in [0.1, 0.15) is 11.5 Å². The molecular formula is C20H27NO3S. The Morgan fingerprint density at radius 2 is 2.28 bits per heavy atom. The number of carbonyl (C=O) groups excluding carboxylic acids is 1. The lowest BCUT2D eigenvalue weighted by Crippen LogP contribution is -2.43. The summed E-state index contributed by atoms with van der Waals surface area (Å²) in [6.45, 7) is 1.67. The number of furan rings is 1. The van der Waals surface area contributed by atoms with Crippen molar-refractivity contribution in [2.24, 2.45) is 0 Å². The number of hydrogen-bond donors (Lipinski definition) is 0. The van der Waals surface area contributed by atoms with Gasteiger partial charge < -0.3 is 14.1 Å². The summed E-state index contributed by atoms with van der Waals surface area (Å²) in [4.78, 5) is 15.9. The summed E-state index contributed by atoms with van der Waals surface area (Å²) < 4.78 is 11.0. The van der Waals surface area contributed by atoms with Crippen molar-refractivity contribution in [3.05, 3.63) is 35.4 Å². The molecule has 1 atom stereocenters. The van der Waals surface area contributed by atoms with E-state index in [0.29, 0.717) is 18.9 Å². The summed E-state index contributed by atoms with van der Waals surface area (Å²) >= 11 is 1.67. The van der Waals surface area contributed by atoms with Crippen LogP contribution in [0, 0.1) is 0 Å². The smallest absolute Gasteiger partial charge is 0.223 e. The zero-order valence-electron chi connectivity index (χ0n) is 14.9. The quantitative estimate of drug-likeness (QED) is 0.637. The van der Waals surface area contributed by atoms with Crippen LogP contribution in [0.4, 0.5) is 0 Å². The fraction of sp³-hybridized carbons (Fsp3) is 0.550. The van der Waals surface area contributed by atoms with Gasteiger partial charge in [0.15, 0.2) is 0 Å². The molecule has 25 heavy (non-hydrogen) atoms. The molecule has 1 aliphatic heterocycles. The third-order valence-electron chi connectivity index (χ3n) is 4.84. The molecule has 0 radical (unpaired) electrons. The first-order valence-corrected chi connectivity index (χ1v) is 10.1. The third-order valence-corrected chi connectivity index (χ3v) is 5.73. The number of rotatable bonds is 8.